The number of carbonyl (C=O) groups is 1. The van der Waals surface area contributed by atoms with Gasteiger partial charge in [-0.05, 0) is 40.8 Å². The van der Waals surface area contributed by atoms with E-state index in [1.807, 2.05) is 42.5 Å². The van der Waals surface area contributed by atoms with Crippen molar-refractivity contribution in [1.29, 1.82) is 0 Å². The first-order valence-electron chi connectivity index (χ1n) is 8.26. The Kier molecular flexibility index (Phi) is 3.97. The second-order valence-corrected chi connectivity index (χ2v) is 8.47. The predicted octanol–water partition coefficient (Wildman–Crippen LogP) is 2.52. The molecule has 2 aromatic carbocycles. The van der Waals surface area contributed by atoms with Crippen molar-refractivity contribution in [3.8, 4) is 11.1 Å². The average Bonchev–Trinajstić information content (AvgIpc) is 2.93. The molecule has 2 aliphatic rings. The Morgan fingerprint density at radius 2 is 1.92 bits per heavy atom. The first-order valence-corrected chi connectivity index (χ1v) is 9.87. The summed E-state index contributed by atoms with van der Waals surface area (Å²) in [6.45, 7) is 1.51. The average molecular weight is 357 g/mol. The molecule has 130 valence electrons. The van der Waals surface area contributed by atoms with Gasteiger partial charge < -0.3 is 10.6 Å². The molecular weight excluding hydrogens is 338 g/mol. The Morgan fingerprint density at radius 3 is 2.72 bits per heavy atom. The van der Waals surface area contributed by atoms with Crippen LogP contribution in [0.4, 0.5) is 10.5 Å². The van der Waals surface area contributed by atoms with Gasteiger partial charge in [0.1, 0.15) is 0 Å². The number of hydrogen-bond acceptors (Lipinski definition) is 3. The number of anilines is 1. The van der Waals surface area contributed by atoms with Gasteiger partial charge in [-0.15, -0.1) is 0 Å². The van der Waals surface area contributed by atoms with Crippen molar-refractivity contribution in [3.63, 3.8) is 0 Å². The predicted molar refractivity (Wildman–Crippen MR) is 96.6 cm³/mol. The van der Waals surface area contributed by atoms with E-state index < -0.39 is 10.0 Å². The molecular formula is C18H19N3O3S. The van der Waals surface area contributed by atoms with Crippen LogP contribution in [-0.4, -0.2) is 31.1 Å². The lowest BCUT2D eigenvalue weighted by Gasteiger charge is -2.19. The number of rotatable bonds is 3. The zero-order valence-corrected chi connectivity index (χ0v) is 14.5. The topological polar surface area (TPSA) is 78.5 Å². The third-order valence-corrected chi connectivity index (χ3v) is 6.52. The summed E-state index contributed by atoms with van der Waals surface area (Å²) in [5.41, 5.74) is 4.82. The third-order valence-electron chi connectivity index (χ3n) is 4.62. The van der Waals surface area contributed by atoms with Gasteiger partial charge >= 0.3 is 6.03 Å². The van der Waals surface area contributed by atoms with Gasteiger partial charge in [-0.3, -0.25) is 0 Å². The normalized spacial score (nSPS) is 19.1. The Labute approximate surface area is 146 Å². The van der Waals surface area contributed by atoms with Crippen LogP contribution in [0.25, 0.3) is 11.1 Å². The first-order chi connectivity index (χ1) is 12.0. The number of hydrogen-bond donors (Lipinski definition) is 2. The highest BCUT2D eigenvalue weighted by Crippen LogP contribution is 2.28. The molecule has 4 rings (SSSR count). The van der Waals surface area contributed by atoms with Crippen molar-refractivity contribution >= 4 is 21.7 Å². The number of amides is 2. The van der Waals surface area contributed by atoms with Crippen LogP contribution >= 0.6 is 0 Å². The Morgan fingerprint density at radius 1 is 1.08 bits per heavy atom. The Balaban J connectivity index is 1.61. The van der Waals surface area contributed by atoms with Crippen molar-refractivity contribution in [1.82, 2.24) is 9.62 Å². The van der Waals surface area contributed by atoms with Crippen LogP contribution in [0.15, 0.2) is 42.5 Å². The van der Waals surface area contributed by atoms with Crippen molar-refractivity contribution in [3.05, 3.63) is 53.6 Å². The van der Waals surface area contributed by atoms with Gasteiger partial charge in [-0.2, -0.15) is 4.31 Å². The summed E-state index contributed by atoms with van der Waals surface area (Å²) < 4.78 is 25.5. The largest absolute Gasteiger partial charge is 0.334 e. The highest BCUT2D eigenvalue weighted by atomic mass is 32.2. The molecule has 0 radical (unpaired) electrons. The summed E-state index contributed by atoms with van der Waals surface area (Å²) in [5, 5.41) is 5.56. The van der Waals surface area contributed by atoms with Crippen LogP contribution in [0, 0.1) is 0 Å². The highest BCUT2D eigenvalue weighted by Gasteiger charge is 2.28. The number of sulfonamides is 1. The molecule has 0 spiro atoms. The minimum absolute atomic E-state index is 0.197. The number of nitrogens with zero attached hydrogens (tertiary/aromatic N) is 1. The summed E-state index contributed by atoms with van der Waals surface area (Å²) in [5.74, 6) is 0.241. The van der Waals surface area contributed by atoms with Gasteiger partial charge in [0, 0.05) is 25.3 Å². The van der Waals surface area contributed by atoms with E-state index in [1.165, 1.54) is 0 Å². The standard InChI is InChI=1S/C18H19N3O3S/c22-18-19-11-16-6-5-15(10-17(16)20-18)14-4-1-3-13(9-14)12-21-7-2-8-25(21,23)24/h1,3-6,9-10H,2,7-8,11-12H2,(H2,19,20,22). The lowest BCUT2D eigenvalue weighted by molar-refractivity contribution is 0.251. The molecule has 2 aromatic rings. The molecule has 0 saturated carbocycles. The number of nitrogens with one attached hydrogen (secondary N) is 2. The fourth-order valence-electron chi connectivity index (χ4n) is 3.29. The van der Waals surface area contributed by atoms with E-state index in [1.54, 1.807) is 4.31 Å². The van der Waals surface area contributed by atoms with Gasteiger partial charge in [-0.25, -0.2) is 13.2 Å². The second-order valence-electron chi connectivity index (χ2n) is 6.38. The maximum Gasteiger partial charge on any atom is 0.319 e. The summed E-state index contributed by atoms with van der Waals surface area (Å²) in [7, 11) is -3.10. The van der Waals surface area contributed by atoms with Gasteiger partial charge in [0.2, 0.25) is 10.0 Å². The minimum atomic E-state index is -3.10. The van der Waals surface area contributed by atoms with E-state index in [4.69, 9.17) is 0 Å². The Hall–Kier alpha value is -2.38. The maximum atomic E-state index is 12.0. The second kappa shape index (κ2) is 6.16. The minimum Gasteiger partial charge on any atom is -0.334 e. The van der Waals surface area contributed by atoms with E-state index in [0.29, 0.717) is 26.1 Å². The summed E-state index contributed by atoms with van der Waals surface area (Å²) in [6.07, 6.45) is 0.695. The molecule has 1 fully saturated rings. The Bertz CT molecular complexity index is 940. The summed E-state index contributed by atoms with van der Waals surface area (Å²) in [6, 6.07) is 13.7. The van der Waals surface area contributed by atoms with Crippen molar-refractivity contribution in [2.75, 3.05) is 17.6 Å². The van der Waals surface area contributed by atoms with Crippen LogP contribution in [0.2, 0.25) is 0 Å². The van der Waals surface area contributed by atoms with E-state index in [9.17, 15) is 13.2 Å². The summed E-state index contributed by atoms with van der Waals surface area (Å²) >= 11 is 0. The zero-order valence-electron chi connectivity index (χ0n) is 13.7. The zero-order chi connectivity index (χ0) is 17.4. The van der Waals surface area contributed by atoms with Crippen molar-refractivity contribution in [2.45, 2.75) is 19.5 Å². The number of urea groups is 1. The van der Waals surface area contributed by atoms with Crippen LogP contribution < -0.4 is 10.6 Å². The van der Waals surface area contributed by atoms with Gasteiger partial charge in [-0.1, -0.05) is 30.3 Å². The first kappa shape index (κ1) is 16.1. The molecule has 0 bridgehead atoms. The molecule has 0 aliphatic carbocycles. The monoisotopic (exact) mass is 357 g/mol. The van der Waals surface area contributed by atoms with E-state index in [2.05, 4.69) is 10.6 Å². The highest BCUT2D eigenvalue weighted by molar-refractivity contribution is 7.89. The van der Waals surface area contributed by atoms with Crippen LogP contribution in [0.3, 0.4) is 0 Å². The third kappa shape index (κ3) is 3.25. The fourth-order valence-corrected chi connectivity index (χ4v) is 4.80. The van der Waals surface area contributed by atoms with Crippen molar-refractivity contribution in [2.24, 2.45) is 0 Å². The van der Waals surface area contributed by atoms with Gasteiger partial charge in [0.15, 0.2) is 0 Å². The molecule has 2 N–H and O–H groups in total. The lowest BCUT2D eigenvalue weighted by Crippen LogP contribution is -2.33. The van der Waals surface area contributed by atoms with E-state index in [-0.39, 0.29) is 11.8 Å². The smallest absolute Gasteiger partial charge is 0.319 e. The molecule has 6 nitrogen and oxygen atoms in total. The molecule has 2 heterocycles. The van der Waals surface area contributed by atoms with Crippen LogP contribution in [0.5, 0.6) is 0 Å². The number of fused-ring (bicyclic) bond motifs is 1. The van der Waals surface area contributed by atoms with E-state index in [0.717, 1.165) is 27.9 Å². The molecule has 25 heavy (non-hydrogen) atoms. The van der Waals surface area contributed by atoms with Gasteiger partial charge in [0.05, 0.1) is 5.75 Å². The van der Waals surface area contributed by atoms with Crippen LogP contribution in [0.1, 0.15) is 17.5 Å². The van der Waals surface area contributed by atoms with E-state index >= 15 is 0 Å². The molecule has 2 aliphatic heterocycles. The molecule has 7 heteroatoms. The van der Waals surface area contributed by atoms with Crippen LogP contribution in [-0.2, 0) is 23.1 Å². The molecule has 0 aromatic heterocycles. The SMILES string of the molecule is O=C1NCc2ccc(-c3cccc(CN4CCCS4(=O)=O)c3)cc2N1. The van der Waals surface area contributed by atoms with Gasteiger partial charge in [0.25, 0.3) is 0 Å². The molecule has 0 atom stereocenters. The van der Waals surface area contributed by atoms with Crippen molar-refractivity contribution < 1.29 is 13.2 Å². The number of benzene rings is 2. The maximum absolute atomic E-state index is 12.0. The molecule has 1 saturated heterocycles. The summed E-state index contributed by atoms with van der Waals surface area (Å²) in [4.78, 5) is 11.5. The molecule has 0 unspecified atom stereocenters. The fraction of sp³-hybridized carbons (Fsp3) is 0.278. The quantitative estimate of drug-likeness (QED) is 0.886. The molecule has 2 amide bonds. The lowest BCUT2D eigenvalue weighted by atomic mass is 10.00. The number of carbonyl (C=O) groups excluding carboxylic acids is 1.